The lowest BCUT2D eigenvalue weighted by molar-refractivity contribution is 0.355. The summed E-state index contributed by atoms with van der Waals surface area (Å²) in [4.78, 5) is 27.2. The standard InChI is InChI=1S/C10H10N2O4/c1-15-7-3-5-6(4-8(7)16-2)11-10(14)12-9(5)13/h3-4H,1-2H3,(H2,11,12,13,14)/i1D3,2D3. The van der Waals surface area contributed by atoms with Crippen LogP contribution in [0.4, 0.5) is 0 Å². The van der Waals surface area contributed by atoms with E-state index in [2.05, 4.69) is 14.5 Å². The smallest absolute Gasteiger partial charge is 0.326 e. The minimum absolute atomic E-state index is 0.0223. The maximum Gasteiger partial charge on any atom is 0.326 e. The van der Waals surface area contributed by atoms with E-state index in [9.17, 15) is 9.59 Å². The third kappa shape index (κ3) is 1.54. The molecule has 6 heteroatoms. The van der Waals surface area contributed by atoms with E-state index in [0.29, 0.717) is 0 Å². The van der Waals surface area contributed by atoms with E-state index in [-0.39, 0.29) is 10.9 Å². The molecule has 2 N–H and O–H groups in total. The van der Waals surface area contributed by atoms with Crippen LogP contribution >= 0.6 is 0 Å². The molecule has 6 nitrogen and oxygen atoms in total. The van der Waals surface area contributed by atoms with Gasteiger partial charge in [0.1, 0.15) is 0 Å². The van der Waals surface area contributed by atoms with Crippen LogP contribution in [-0.4, -0.2) is 24.0 Å². The predicted molar refractivity (Wildman–Crippen MR) is 58.3 cm³/mol. The summed E-state index contributed by atoms with van der Waals surface area (Å²) in [6, 6.07) is 2.00. The van der Waals surface area contributed by atoms with Gasteiger partial charge in [0.05, 0.1) is 33.2 Å². The summed E-state index contributed by atoms with van der Waals surface area (Å²) >= 11 is 0. The van der Waals surface area contributed by atoms with E-state index < -0.39 is 36.8 Å². The first kappa shape index (κ1) is 5.20. The van der Waals surface area contributed by atoms with Crippen LogP contribution in [0, 0.1) is 0 Å². The summed E-state index contributed by atoms with van der Waals surface area (Å²) in [6.07, 6.45) is 0. The topological polar surface area (TPSA) is 84.2 Å². The number of fused-ring (bicyclic) bond motifs is 1. The number of aromatic nitrogens is 2. The van der Waals surface area contributed by atoms with E-state index in [4.69, 9.17) is 8.22 Å². The number of H-pyrrole nitrogens is 2. The quantitative estimate of drug-likeness (QED) is 0.770. The molecule has 0 aliphatic carbocycles. The maximum atomic E-state index is 11.7. The number of methoxy groups -OCH3 is 2. The Morgan fingerprint density at radius 2 is 1.81 bits per heavy atom. The molecule has 0 amide bonds. The van der Waals surface area contributed by atoms with Crippen molar-refractivity contribution in [2.45, 2.75) is 0 Å². The Labute approximate surface area is 98.3 Å². The highest BCUT2D eigenvalue weighted by atomic mass is 16.5. The summed E-state index contributed by atoms with van der Waals surface area (Å²) in [5.74, 6) is -0.897. The van der Waals surface area contributed by atoms with E-state index in [1.165, 1.54) is 0 Å². The van der Waals surface area contributed by atoms with Crippen LogP contribution in [0.3, 0.4) is 0 Å². The average molecular weight is 228 g/mol. The SMILES string of the molecule is [2H]C([2H])([2H])Oc1cc2[nH]c(=O)[nH]c(=O)c2cc1OC([2H])([2H])[2H]. The van der Waals surface area contributed by atoms with Gasteiger partial charge in [-0.25, -0.2) is 4.79 Å². The van der Waals surface area contributed by atoms with Crippen molar-refractivity contribution in [1.82, 2.24) is 9.97 Å². The molecule has 0 aliphatic heterocycles. The number of rotatable bonds is 2. The predicted octanol–water partition coefficient (Wildman–Crippen LogP) is 0.234. The van der Waals surface area contributed by atoms with Gasteiger partial charge in [-0.3, -0.25) is 9.78 Å². The zero-order chi connectivity index (χ0) is 16.7. The molecule has 0 fully saturated rings. The summed E-state index contributed by atoms with van der Waals surface area (Å²) in [5.41, 5.74) is -1.61. The molecule has 2 aromatic rings. The van der Waals surface area contributed by atoms with Crippen LogP contribution in [0.2, 0.25) is 0 Å². The monoisotopic (exact) mass is 228 g/mol. The normalized spacial score (nSPS) is 17.5. The fraction of sp³-hybridized carbons (Fsp3) is 0.200. The molecule has 1 heterocycles. The summed E-state index contributed by atoms with van der Waals surface area (Å²) in [7, 11) is -5.75. The molecule has 0 unspecified atom stereocenters. The largest absolute Gasteiger partial charge is 0.493 e. The van der Waals surface area contributed by atoms with E-state index >= 15 is 0 Å². The number of hydrogen-bond donors (Lipinski definition) is 2. The molecule has 0 saturated carbocycles. The third-order valence-electron chi connectivity index (χ3n) is 2.02. The van der Waals surface area contributed by atoms with Crippen molar-refractivity contribution in [3.8, 4) is 11.5 Å². The van der Waals surface area contributed by atoms with Crippen LogP contribution < -0.4 is 20.7 Å². The molecule has 0 spiro atoms. The highest BCUT2D eigenvalue weighted by Gasteiger charge is 2.08. The Morgan fingerprint density at radius 1 is 1.12 bits per heavy atom. The van der Waals surface area contributed by atoms with E-state index in [0.717, 1.165) is 12.1 Å². The molecule has 2 rings (SSSR count). The van der Waals surface area contributed by atoms with Crippen LogP contribution in [0.5, 0.6) is 11.5 Å². The number of ether oxygens (including phenoxy) is 2. The van der Waals surface area contributed by atoms with Gasteiger partial charge in [0.2, 0.25) is 0 Å². The van der Waals surface area contributed by atoms with Crippen molar-refractivity contribution in [2.24, 2.45) is 0 Å². The lowest BCUT2D eigenvalue weighted by Gasteiger charge is -2.07. The molecular formula is C10H10N2O4. The van der Waals surface area contributed by atoms with E-state index in [1.807, 2.05) is 4.98 Å². The lowest BCUT2D eigenvalue weighted by atomic mass is 10.2. The lowest BCUT2D eigenvalue weighted by Crippen LogP contribution is -2.21. The van der Waals surface area contributed by atoms with Gasteiger partial charge in [0.25, 0.3) is 5.56 Å². The first-order valence-electron chi connectivity index (χ1n) is 7.13. The minimum atomic E-state index is -2.88. The highest BCUT2D eigenvalue weighted by molar-refractivity contribution is 5.81. The molecule has 84 valence electrons. The first-order chi connectivity index (χ1) is 9.94. The van der Waals surface area contributed by atoms with Gasteiger partial charge in [0, 0.05) is 6.07 Å². The molecule has 1 aromatic heterocycles. The highest BCUT2D eigenvalue weighted by Crippen LogP contribution is 2.29. The molecule has 1 aromatic carbocycles. The Hall–Kier alpha value is -2.24. The van der Waals surface area contributed by atoms with Crippen molar-refractivity contribution in [1.29, 1.82) is 0 Å². The Bertz CT molecular complexity index is 819. The van der Waals surface area contributed by atoms with E-state index in [1.54, 1.807) is 0 Å². The van der Waals surface area contributed by atoms with Gasteiger partial charge >= 0.3 is 5.69 Å². The molecule has 0 aliphatic rings. The Morgan fingerprint density at radius 3 is 2.50 bits per heavy atom. The molecule has 0 radical (unpaired) electrons. The van der Waals surface area contributed by atoms with Crippen molar-refractivity contribution >= 4 is 10.9 Å². The molecule has 0 bridgehead atoms. The van der Waals surface area contributed by atoms with Crippen LogP contribution in [-0.2, 0) is 0 Å². The summed E-state index contributed by atoms with van der Waals surface area (Å²) < 4.78 is 51.7. The van der Waals surface area contributed by atoms with Crippen molar-refractivity contribution in [2.75, 3.05) is 14.1 Å². The van der Waals surface area contributed by atoms with Gasteiger partial charge < -0.3 is 14.5 Å². The molecule has 0 saturated heterocycles. The van der Waals surface area contributed by atoms with Gasteiger partial charge in [-0.1, -0.05) is 0 Å². The van der Waals surface area contributed by atoms with Crippen LogP contribution in [0.25, 0.3) is 10.9 Å². The fourth-order valence-corrected chi connectivity index (χ4v) is 1.33. The van der Waals surface area contributed by atoms with Gasteiger partial charge in [-0.15, -0.1) is 0 Å². The fourth-order valence-electron chi connectivity index (χ4n) is 1.33. The van der Waals surface area contributed by atoms with Crippen molar-refractivity contribution in [3.63, 3.8) is 0 Å². The average Bonchev–Trinajstić information content (AvgIpc) is 2.26. The van der Waals surface area contributed by atoms with Crippen LogP contribution in [0.1, 0.15) is 8.22 Å². The second-order valence-corrected chi connectivity index (χ2v) is 2.96. The van der Waals surface area contributed by atoms with Gasteiger partial charge in [0.15, 0.2) is 11.5 Å². The second-order valence-electron chi connectivity index (χ2n) is 2.96. The number of nitrogens with one attached hydrogen (secondary N) is 2. The minimum Gasteiger partial charge on any atom is -0.493 e. The third-order valence-corrected chi connectivity index (χ3v) is 2.02. The maximum absolute atomic E-state index is 11.7. The second kappa shape index (κ2) is 3.73. The summed E-state index contributed by atoms with van der Waals surface area (Å²) in [5, 5.41) is -0.0864. The first-order valence-corrected chi connectivity index (χ1v) is 4.13. The van der Waals surface area contributed by atoms with Crippen molar-refractivity contribution < 1.29 is 17.7 Å². The number of hydrogen-bond acceptors (Lipinski definition) is 4. The number of benzene rings is 1. The zero-order valence-corrected chi connectivity index (χ0v) is 7.79. The molecular weight excluding hydrogens is 212 g/mol. The summed E-state index contributed by atoms with van der Waals surface area (Å²) in [6.45, 7) is 0. The Balaban J connectivity index is 2.70. The van der Waals surface area contributed by atoms with Gasteiger partial charge in [-0.05, 0) is 6.07 Å². The zero-order valence-electron chi connectivity index (χ0n) is 13.8. The molecule has 0 atom stereocenters. The van der Waals surface area contributed by atoms with Crippen molar-refractivity contribution in [3.05, 3.63) is 33.0 Å². The van der Waals surface area contributed by atoms with Crippen LogP contribution in [0.15, 0.2) is 21.7 Å². The number of aromatic amines is 2. The van der Waals surface area contributed by atoms with Gasteiger partial charge in [-0.2, -0.15) is 0 Å². The molecule has 16 heavy (non-hydrogen) atoms. The Kier molecular flexibility index (Phi) is 1.21.